The van der Waals surface area contributed by atoms with E-state index in [2.05, 4.69) is 60.0 Å². The number of nitrogens with zero attached hydrogens (tertiary/aromatic N) is 3. The van der Waals surface area contributed by atoms with E-state index >= 15 is 0 Å². The number of nitrogens with two attached hydrogens (primary N) is 1. The summed E-state index contributed by atoms with van der Waals surface area (Å²) in [5.74, 6) is 1.45. The Morgan fingerprint density at radius 2 is 1.89 bits per heavy atom. The van der Waals surface area contributed by atoms with Crippen LogP contribution in [0.4, 0.5) is 5.82 Å². The number of hydrogen-bond donors (Lipinski definition) is 2. The molecule has 1 aliphatic rings. The molecule has 0 amide bonds. The molecule has 0 spiro atoms. The van der Waals surface area contributed by atoms with Crippen LogP contribution in [0.2, 0.25) is 0 Å². The lowest BCUT2D eigenvalue weighted by atomic mass is 9.72. The van der Waals surface area contributed by atoms with Gasteiger partial charge in [0.15, 0.2) is 0 Å². The molecule has 2 aromatic carbocycles. The Bertz CT molecular complexity index is 972. The van der Waals surface area contributed by atoms with E-state index in [9.17, 15) is 0 Å². The molecule has 0 saturated carbocycles. The molecule has 0 saturated heterocycles. The van der Waals surface area contributed by atoms with E-state index in [1.165, 1.54) is 5.56 Å². The summed E-state index contributed by atoms with van der Waals surface area (Å²) in [5, 5.41) is 9.33. The summed E-state index contributed by atoms with van der Waals surface area (Å²) in [6, 6.07) is 16.4. The zero-order valence-corrected chi connectivity index (χ0v) is 16.1. The summed E-state index contributed by atoms with van der Waals surface area (Å²) in [5.41, 5.74) is 11.5. The van der Waals surface area contributed by atoms with Crippen LogP contribution >= 0.6 is 0 Å². The van der Waals surface area contributed by atoms with Crippen LogP contribution in [0.5, 0.6) is 5.75 Å². The minimum absolute atomic E-state index is 0.105. The minimum Gasteiger partial charge on any atom is -0.489 e. The highest BCUT2D eigenvalue weighted by Gasteiger charge is 2.34. The molecule has 4 rings (SSSR count). The van der Waals surface area contributed by atoms with Crippen molar-refractivity contribution in [1.82, 2.24) is 9.97 Å². The smallest absolute Gasteiger partial charge is 0.131 e. The zero-order chi connectivity index (χ0) is 20.1. The summed E-state index contributed by atoms with van der Waals surface area (Å²) in [7, 11) is 0. The van der Waals surface area contributed by atoms with Gasteiger partial charge in [-0.3, -0.25) is 0 Å². The molecule has 3 aromatic rings. The van der Waals surface area contributed by atoms with E-state index in [1.54, 1.807) is 6.33 Å². The topological polar surface area (TPSA) is 93.6 Å². The monoisotopic (exact) mass is 376 g/mol. The summed E-state index contributed by atoms with van der Waals surface area (Å²) in [6.07, 6.45) is 2.43. The Balaban J connectivity index is 0.000000706. The molecule has 6 nitrogen and oxygen atoms in total. The van der Waals surface area contributed by atoms with Gasteiger partial charge < -0.3 is 15.7 Å². The number of nitrogen functional groups attached to an aromatic ring is 1. The van der Waals surface area contributed by atoms with Crippen LogP contribution in [-0.4, -0.2) is 21.9 Å². The van der Waals surface area contributed by atoms with E-state index in [1.807, 2.05) is 24.3 Å². The summed E-state index contributed by atoms with van der Waals surface area (Å²) >= 11 is 0. The highest BCUT2D eigenvalue weighted by atomic mass is 16.5. The molecule has 6 heteroatoms. The van der Waals surface area contributed by atoms with E-state index in [4.69, 9.17) is 15.7 Å². The maximum Gasteiger partial charge on any atom is 0.131 e. The van der Waals surface area contributed by atoms with E-state index in [0.717, 1.165) is 34.6 Å². The van der Waals surface area contributed by atoms with Gasteiger partial charge in [-0.05, 0) is 41.2 Å². The first-order chi connectivity index (χ1) is 13.5. The van der Waals surface area contributed by atoms with Crippen molar-refractivity contribution < 1.29 is 9.94 Å². The molecule has 1 aliphatic carbocycles. The first-order valence-electron chi connectivity index (χ1n) is 8.97. The molecule has 0 bridgehead atoms. The fourth-order valence-electron chi connectivity index (χ4n) is 3.61. The van der Waals surface area contributed by atoms with Gasteiger partial charge in [-0.2, -0.15) is 0 Å². The zero-order valence-electron chi connectivity index (χ0n) is 16.1. The van der Waals surface area contributed by atoms with E-state index < -0.39 is 0 Å². The number of rotatable bonds is 3. The third-order valence-electron chi connectivity index (χ3n) is 4.77. The molecule has 0 unspecified atom stereocenters. The average molecular weight is 376 g/mol. The van der Waals surface area contributed by atoms with Gasteiger partial charge >= 0.3 is 0 Å². The van der Waals surface area contributed by atoms with Crippen LogP contribution in [-0.2, 0) is 18.4 Å². The van der Waals surface area contributed by atoms with Crippen molar-refractivity contribution in [3.05, 3.63) is 71.5 Å². The van der Waals surface area contributed by atoms with Crippen molar-refractivity contribution in [3.63, 3.8) is 0 Å². The van der Waals surface area contributed by atoms with Crippen LogP contribution < -0.4 is 10.5 Å². The fraction of sp³-hybridized carbons (Fsp3) is 0.227. The van der Waals surface area contributed by atoms with Gasteiger partial charge in [0.2, 0.25) is 0 Å². The van der Waals surface area contributed by atoms with Crippen molar-refractivity contribution in [2.24, 2.45) is 5.16 Å². The van der Waals surface area contributed by atoms with E-state index in [0.29, 0.717) is 12.4 Å². The van der Waals surface area contributed by atoms with Gasteiger partial charge in [0, 0.05) is 17.8 Å². The molecule has 0 atom stereocenters. The Morgan fingerprint density at radius 3 is 2.61 bits per heavy atom. The molecular formula is C22H24N4O2. The molecule has 1 aromatic heterocycles. The highest BCUT2D eigenvalue weighted by molar-refractivity contribution is 5.75. The Kier molecular flexibility index (Phi) is 5.59. The van der Waals surface area contributed by atoms with Crippen LogP contribution in [0.25, 0.3) is 11.3 Å². The summed E-state index contributed by atoms with van der Waals surface area (Å²) in [4.78, 5) is 8.69. The normalized spacial score (nSPS) is 13.4. The van der Waals surface area contributed by atoms with Gasteiger partial charge in [-0.25, -0.2) is 9.97 Å². The Morgan fingerprint density at radius 1 is 1.18 bits per heavy atom. The lowest BCUT2D eigenvalue weighted by molar-refractivity contribution is 0.305. The van der Waals surface area contributed by atoms with E-state index in [-0.39, 0.29) is 5.41 Å². The van der Waals surface area contributed by atoms with Crippen LogP contribution in [0.1, 0.15) is 30.5 Å². The first-order valence-corrected chi connectivity index (χ1v) is 8.97. The Labute approximate surface area is 164 Å². The summed E-state index contributed by atoms with van der Waals surface area (Å²) < 4.78 is 5.98. The predicted molar refractivity (Wildman–Crippen MR) is 111 cm³/mol. The molecule has 0 fully saturated rings. The SMILES string of the molecule is C=NO.CC1(C)Cc2cc(OCc3ccccc3)ccc2-c2ncnc(N)c21. The number of hydrogen-bond acceptors (Lipinski definition) is 6. The fourth-order valence-corrected chi connectivity index (χ4v) is 3.61. The van der Waals surface area contributed by atoms with Crippen molar-refractivity contribution in [3.8, 4) is 17.0 Å². The Hall–Kier alpha value is -3.41. The summed E-state index contributed by atoms with van der Waals surface area (Å²) in [6.45, 7) is 7.60. The number of ether oxygens (including phenoxy) is 1. The molecular weight excluding hydrogens is 352 g/mol. The lowest BCUT2D eigenvalue weighted by Crippen LogP contribution is -2.28. The highest BCUT2D eigenvalue weighted by Crippen LogP contribution is 2.44. The average Bonchev–Trinajstić information content (AvgIpc) is 2.67. The van der Waals surface area contributed by atoms with Crippen molar-refractivity contribution in [2.45, 2.75) is 32.3 Å². The van der Waals surface area contributed by atoms with Gasteiger partial charge in [0.25, 0.3) is 0 Å². The number of anilines is 1. The quantitative estimate of drug-likeness (QED) is 0.406. The first kappa shape index (κ1) is 19.4. The number of fused-ring (bicyclic) bond motifs is 3. The second kappa shape index (κ2) is 8.08. The third kappa shape index (κ3) is 3.96. The predicted octanol–water partition coefficient (Wildman–Crippen LogP) is 4.21. The maximum atomic E-state index is 7.08. The molecule has 28 heavy (non-hydrogen) atoms. The molecule has 1 heterocycles. The third-order valence-corrected chi connectivity index (χ3v) is 4.77. The minimum atomic E-state index is -0.105. The van der Waals surface area contributed by atoms with Gasteiger partial charge in [0.1, 0.15) is 24.5 Å². The van der Waals surface area contributed by atoms with Gasteiger partial charge in [-0.15, -0.1) is 5.16 Å². The molecule has 3 N–H and O–H groups in total. The molecule has 0 aliphatic heterocycles. The van der Waals surface area contributed by atoms with Crippen molar-refractivity contribution in [1.29, 1.82) is 0 Å². The second-order valence-corrected chi connectivity index (χ2v) is 7.28. The molecule has 144 valence electrons. The number of aromatic nitrogens is 2. The van der Waals surface area contributed by atoms with Crippen LogP contribution in [0.3, 0.4) is 0 Å². The number of benzene rings is 2. The van der Waals surface area contributed by atoms with Gasteiger partial charge in [-0.1, -0.05) is 44.2 Å². The largest absolute Gasteiger partial charge is 0.489 e. The van der Waals surface area contributed by atoms with Crippen molar-refractivity contribution >= 4 is 12.5 Å². The number of oxime groups is 1. The van der Waals surface area contributed by atoms with Gasteiger partial charge in [0.05, 0.1) is 5.69 Å². The van der Waals surface area contributed by atoms with Crippen LogP contribution in [0.15, 0.2) is 60.0 Å². The second-order valence-electron chi connectivity index (χ2n) is 7.28. The maximum absolute atomic E-state index is 7.08. The standard InChI is InChI=1S/C21H21N3O.CH3NO/c1-21(2)11-15-10-16(25-12-14-6-4-3-5-7-14)8-9-17(15)19-18(21)20(22)24-13-23-19;1-2-3/h3-10,13H,11-12H2,1-2H3,(H2,22,23,24);3H,1H2. The molecule has 0 radical (unpaired) electrons. The van der Waals surface area contributed by atoms with Crippen LogP contribution in [0, 0.1) is 0 Å². The van der Waals surface area contributed by atoms with Crippen molar-refractivity contribution in [2.75, 3.05) is 5.73 Å². The lowest BCUT2D eigenvalue weighted by Gasteiger charge is -2.33.